The van der Waals surface area contributed by atoms with Gasteiger partial charge in [0.05, 0.1) is 5.56 Å². The van der Waals surface area contributed by atoms with E-state index in [0.717, 1.165) is 23.3 Å². The maximum Gasteiger partial charge on any atom is 0.416 e. The fraction of sp³-hybridized carbons (Fsp3) is 0.250. The average Bonchev–Trinajstić information content (AvgIpc) is 2.38. The third-order valence-electron chi connectivity index (χ3n) is 3.18. The van der Waals surface area contributed by atoms with Crippen molar-refractivity contribution in [2.24, 2.45) is 5.73 Å². The van der Waals surface area contributed by atoms with Gasteiger partial charge in [-0.25, -0.2) is 0 Å². The van der Waals surface area contributed by atoms with Crippen molar-refractivity contribution in [3.8, 4) is 0 Å². The van der Waals surface area contributed by atoms with Crippen molar-refractivity contribution in [2.45, 2.75) is 25.6 Å². The summed E-state index contributed by atoms with van der Waals surface area (Å²) in [5.74, 6) is 0. The minimum atomic E-state index is -4.32. The lowest BCUT2D eigenvalue weighted by molar-refractivity contribution is -0.137. The molecule has 0 aliphatic rings. The monoisotopic (exact) mass is 279 g/mol. The highest BCUT2D eigenvalue weighted by Gasteiger charge is 2.30. The van der Waals surface area contributed by atoms with Crippen LogP contribution in [0.5, 0.6) is 0 Å². The minimum Gasteiger partial charge on any atom is -0.324 e. The number of nitrogens with two attached hydrogens (primary N) is 1. The molecule has 0 bridgehead atoms. The highest BCUT2D eigenvalue weighted by molar-refractivity contribution is 5.30. The molecule has 2 N–H and O–H groups in total. The highest BCUT2D eigenvalue weighted by Crippen LogP contribution is 2.30. The molecule has 2 rings (SSSR count). The van der Waals surface area contributed by atoms with Crippen molar-refractivity contribution < 1.29 is 13.2 Å². The van der Waals surface area contributed by atoms with Gasteiger partial charge in [-0.2, -0.15) is 13.2 Å². The molecular weight excluding hydrogens is 263 g/mol. The predicted molar refractivity (Wildman–Crippen MR) is 73.3 cm³/mol. The van der Waals surface area contributed by atoms with Crippen molar-refractivity contribution in [3.05, 3.63) is 70.8 Å². The number of benzene rings is 2. The van der Waals surface area contributed by atoms with Crippen molar-refractivity contribution >= 4 is 0 Å². The normalized spacial score (nSPS) is 13.2. The Bertz CT molecular complexity index is 590. The molecule has 2 aromatic carbocycles. The molecule has 0 saturated carbocycles. The van der Waals surface area contributed by atoms with E-state index < -0.39 is 11.7 Å². The third-order valence-corrected chi connectivity index (χ3v) is 3.18. The fourth-order valence-corrected chi connectivity index (χ4v) is 2.15. The second-order valence-electron chi connectivity index (χ2n) is 4.92. The summed E-state index contributed by atoms with van der Waals surface area (Å²) in [5.41, 5.74) is 8.05. The molecular formula is C16H16F3N. The lowest BCUT2D eigenvalue weighted by Crippen LogP contribution is -2.14. The molecule has 106 valence electrons. The zero-order valence-corrected chi connectivity index (χ0v) is 11.1. The van der Waals surface area contributed by atoms with Crippen LogP contribution < -0.4 is 5.73 Å². The van der Waals surface area contributed by atoms with Crippen LogP contribution in [-0.4, -0.2) is 0 Å². The van der Waals surface area contributed by atoms with Gasteiger partial charge in [-0.15, -0.1) is 0 Å². The van der Waals surface area contributed by atoms with Crippen LogP contribution in [-0.2, 0) is 12.6 Å². The largest absolute Gasteiger partial charge is 0.416 e. The fourth-order valence-electron chi connectivity index (χ4n) is 2.15. The van der Waals surface area contributed by atoms with Crippen molar-refractivity contribution in [3.63, 3.8) is 0 Å². The summed E-state index contributed by atoms with van der Waals surface area (Å²) in [4.78, 5) is 0. The van der Waals surface area contributed by atoms with Crippen LogP contribution in [0.25, 0.3) is 0 Å². The van der Waals surface area contributed by atoms with Crippen molar-refractivity contribution in [2.75, 3.05) is 0 Å². The molecule has 0 saturated heterocycles. The first kappa shape index (κ1) is 14.6. The van der Waals surface area contributed by atoms with Gasteiger partial charge in [-0.3, -0.25) is 0 Å². The minimum absolute atomic E-state index is 0.307. The molecule has 1 nitrogen and oxygen atoms in total. The number of hydrogen-bond acceptors (Lipinski definition) is 1. The van der Waals surface area contributed by atoms with Gasteiger partial charge < -0.3 is 5.73 Å². The Morgan fingerprint density at radius 2 is 1.75 bits per heavy atom. The van der Waals surface area contributed by atoms with E-state index in [2.05, 4.69) is 0 Å². The van der Waals surface area contributed by atoms with Crippen LogP contribution in [0.1, 0.15) is 28.3 Å². The maximum atomic E-state index is 12.6. The van der Waals surface area contributed by atoms with Gasteiger partial charge in [0.15, 0.2) is 0 Å². The quantitative estimate of drug-likeness (QED) is 0.892. The first-order chi connectivity index (χ1) is 9.36. The van der Waals surface area contributed by atoms with Gasteiger partial charge in [0.25, 0.3) is 0 Å². The lowest BCUT2D eigenvalue weighted by atomic mass is 9.97. The Labute approximate surface area is 116 Å². The Hall–Kier alpha value is -1.81. The number of alkyl halides is 3. The molecule has 0 aliphatic heterocycles. The Balaban J connectivity index is 2.18. The average molecular weight is 279 g/mol. The summed E-state index contributed by atoms with van der Waals surface area (Å²) in [6, 6.07) is 12.7. The molecule has 0 aromatic heterocycles. The number of hydrogen-bond donors (Lipinski definition) is 1. The molecule has 0 fully saturated rings. The smallest absolute Gasteiger partial charge is 0.324 e. The van der Waals surface area contributed by atoms with Gasteiger partial charge in [0.2, 0.25) is 0 Å². The predicted octanol–water partition coefficient (Wildman–Crippen LogP) is 4.26. The molecule has 4 heteroatoms. The maximum absolute atomic E-state index is 12.6. The summed E-state index contributed by atoms with van der Waals surface area (Å²) < 4.78 is 37.9. The zero-order valence-electron chi connectivity index (χ0n) is 11.1. The molecule has 20 heavy (non-hydrogen) atoms. The summed E-state index contributed by atoms with van der Waals surface area (Å²) >= 11 is 0. The summed E-state index contributed by atoms with van der Waals surface area (Å²) in [6.45, 7) is 1.96. The molecule has 1 atom stereocenters. The van der Waals surface area contributed by atoms with Gasteiger partial charge in [0.1, 0.15) is 0 Å². The van der Waals surface area contributed by atoms with Gasteiger partial charge in [-0.1, -0.05) is 48.0 Å². The van der Waals surface area contributed by atoms with E-state index in [9.17, 15) is 13.2 Å². The van der Waals surface area contributed by atoms with Gasteiger partial charge in [0, 0.05) is 6.04 Å². The molecule has 0 spiro atoms. The number of rotatable bonds is 3. The van der Waals surface area contributed by atoms with E-state index in [1.165, 1.54) is 6.07 Å². The van der Waals surface area contributed by atoms with Gasteiger partial charge in [-0.05, 0) is 30.5 Å². The zero-order chi connectivity index (χ0) is 14.8. The Morgan fingerprint density at radius 1 is 1.05 bits per heavy atom. The Morgan fingerprint density at radius 3 is 2.40 bits per heavy atom. The standard InChI is InChI=1S/C16H16F3N/c1-11-4-2-6-13(8-11)15(20)10-12-5-3-7-14(9-12)16(17,18)19/h2-9,15H,10,20H2,1H3. The lowest BCUT2D eigenvalue weighted by Gasteiger charge is -2.14. The topological polar surface area (TPSA) is 26.0 Å². The first-order valence-electron chi connectivity index (χ1n) is 6.34. The van der Waals surface area contributed by atoms with Gasteiger partial charge >= 0.3 is 6.18 Å². The molecule has 0 amide bonds. The molecule has 1 unspecified atom stereocenters. The summed E-state index contributed by atoms with van der Waals surface area (Å²) in [6.07, 6.45) is -3.93. The van der Waals surface area contributed by atoms with Crippen LogP contribution in [0.15, 0.2) is 48.5 Å². The second kappa shape index (κ2) is 5.67. The highest BCUT2D eigenvalue weighted by atomic mass is 19.4. The van der Waals surface area contributed by atoms with Crippen LogP contribution in [0.2, 0.25) is 0 Å². The first-order valence-corrected chi connectivity index (χ1v) is 6.34. The van der Waals surface area contributed by atoms with Crippen molar-refractivity contribution in [1.29, 1.82) is 0 Å². The molecule has 2 aromatic rings. The second-order valence-corrected chi connectivity index (χ2v) is 4.92. The number of halogens is 3. The third kappa shape index (κ3) is 3.61. The number of aryl methyl sites for hydroxylation is 1. The molecule has 0 heterocycles. The summed E-state index contributed by atoms with van der Waals surface area (Å²) in [7, 11) is 0. The van der Waals surface area contributed by atoms with E-state index in [0.29, 0.717) is 12.0 Å². The van der Waals surface area contributed by atoms with Crippen LogP contribution in [0.4, 0.5) is 13.2 Å². The van der Waals surface area contributed by atoms with E-state index in [1.54, 1.807) is 6.07 Å². The van der Waals surface area contributed by atoms with Crippen molar-refractivity contribution in [1.82, 2.24) is 0 Å². The van der Waals surface area contributed by atoms with E-state index in [-0.39, 0.29) is 6.04 Å². The van der Waals surface area contributed by atoms with Crippen LogP contribution in [0.3, 0.4) is 0 Å². The summed E-state index contributed by atoms with van der Waals surface area (Å²) in [5, 5.41) is 0. The van der Waals surface area contributed by atoms with E-state index in [1.807, 2.05) is 31.2 Å². The van der Waals surface area contributed by atoms with Crippen LogP contribution >= 0.6 is 0 Å². The van der Waals surface area contributed by atoms with E-state index in [4.69, 9.17) is 5.73 Å². The van der Waals surface area contributed by atoms with E-state index >= 15 is 0 Å². The molecule has 0 aliphatic carbocycles. The van der Waals surface area contributed by atoms with Crippen LogP contribution in [0, 0.1) is 6.92 Å². The molecule has 0 radical (unpaired) electrons. The Kier molecular flexibility index (Phi) is 4.14. The SMILES string of the molecule is Cc1cccc(C(N)Cc2cccc(C(F)(F)F)c2)c1.